The highest BCUT2D eigenvalue weighted by atomic mass is 35.5. The van der Waals surface area contributed by atoms with E-state index in [1.807, 2.05) is 6.07 Å². The molecule has 37 heavy (non-hydrogen) atoms. The molecule has 2 N–H and O–H groups in total. The number of carbonyl (C=O) groups excluding carboxylic acids is 1. The smallest absolute Gasteiger partial charge is 0.257 e. The second-order valence-electron chi connectivity index (χ2n) is 10.1. The molecule has 0 saturated heterocycles. The molecule has 190 valence electrons. The summed E-state index contributed by atoms with van der Waals surface area (Å²) in [5.41, 5.74) is -2.68. The summed E-state index contributed by atoms with van der Waals surface area (Å²) < 4.78 is 22.5. The molecular formula is C28H25ClFN3O4. The van der Waals surface area contributed by atoms with Gasteiger partial charge in [0.05, 0.1) is 46.7 Å². The number of nitriles is 1. The van der Waals surface area contributed by atoms with Gasteiger partial charge in [0.15, 0.2) is 5.72 Å². The number of fused-ring (bicyclic) bond motifs is 1. The lowest BCUT2D eigenvalue weighted by Gasteiger charge is -2.40. The maximum atomic E-state index is 16.1. The Morgan fingerprint density at radius 2 is 1.92 bits per heavy atom. The number of hydrogen-bond acceptors (Lipinski definition) is 6. The van der Waals surface area contributed by atoms with E-state index < -0.39 is 28.7 Å². The minimum atomic E-state index is -1.74. The molecule has 0 spiro atoms. The average Bonchev–Trinajstić information content (AvgIpc) is 3.55. The van der Waals surface area contributed by atoms with Crippen LogP contribution in [0.25, 0.3) is 0 Å². The maximum absolute atomic E-state index is 16.1. The van der Waals surface area contributed by atoms with E-state index in [2.05, 4.69) is 4.98 Å². The molecule has 2 heterocycles. The van der Waals surface area contributed by atoms with E-state index in [4.69, 9.17) is 21.6 Å². The van der Waals surface area contributed by atoms with Gasteiger partial charge in [-0.1, -0.05) is 23.7 Å². The fraction of sp³-hybridized carbons (Fsp3) is 0.321. The van der Waals surface area contributed by atoms with Gasteiger partial charge < -0.3 is 14.9 Å². The van der Waals surface area contributed by atoms with Crippen LogP contribution in [0, 0.1) is 17.1 Å². The number of ether oxygens (including phenoxy) is 1. The predicted octanol–water partition coefficient (Wildman–Crippen LogP) is 4.37. The van der Waals surface area contributed by atoms with Crippen molar-refractivity contribution in [2.24, 2.45) is 0 Å². The number of nitrogens with zero attached hydrogens (tertiary/aromatic N) is 3. The van der Waals surface area contributed by atoms with Crippen molar-refractivity contribution in [2.45, 2.75) is 50.2 Å². The van der Waals surface area contributed by atoms with Crippen LogP contribution in [0.3, 0.4) is 0 Å². The molecule has 0 radical (unpaired) electrons. The molecule has 2 aliphatic rings. The molecule has 7 nitrogen and oxygen atoms in total. The van der Waals surface area contributed by atoms with Gasteiger partial charge in [-0.25, -0.2) is 4.39 Å². The van der Waals surface area contributed by atoms with Gasteiger partial charge >= 0.3 is 0 Å². The van der Waals surface area contributed by atoms with Gasteiger partial charge in [-0.05, 0) is 68.7 Å². The zero-order valence-corrected chi connectivity index (χ0v) is 21.1. The molecule has 1 saturated carbocycles. The zero-order valence-electron chi connectivity index (χ0n) is 20.3. The first kappa shape index (κ1) is 25.3. The molecule has 2 aromatic carbocycles. The Morgan fingerprint density at radius 1 is 1.22 bits per heavy atom. The Bertz CT molecular complexity index is 1410. The number of benzene rings is 2. The third kappa shape index (κ3) is 4.49. The minimum Gasteiger partial charge on any atom is -0.387 e. The summed E-state index contributed by atoms with van der Waals surface area (Å²) in [6, 6.07) is 14.5. The topological polar surface area (TPSA) is 107 Å². The first-order valence-electron chi connectivity index (χ1n) is 11.8. The van der Waals surface area contributed by atoms with Crippen molar-refractivity contribution in [3.8, 4) is 6.07 Å². The van der Waals surface area contributed by atoms with E-state index in [1.54, 1.807) is 36.4 Å². The van der Waals surface area contributed by atoms with Crippen LogP contribution in [0.5, 0.6) is 0 Å². The normalized spacial score (nSPS) is 20.0. The van der Waals surface area contributed by atoms with Crippen molar-refractivity contribution in [3.05, 3.63) is 99.1 Å². The van der Waals surface area contributed by atoms with Crippen LogP contribution < -0.4 is 0 Å². The molecule has 1 aliphatic carbocycles. The van der Waals surface area contributed by atoms with Crippen molar-refractivity contribution in [2.75, 3.05) is 6.61 Å². The molecule has 9 heteroatoms. The molecule has 1 fully saturated rings. The lowest BCUT2D eigenvalue weighted by Crippen LogP contribution is -2.48. The molecule has 1 aliphatic heterocycles. The van der Waals surface area contributed by atoms with Crippen LogP contribution in [0.15, 0.2) is 54.7 Å². The summed E-state index contributed by atoms with van der Waals surface area (Å²) in [7, 11) is 0. The second kappa shape index (κ2) is 8.89. The average molecular weight is 522 g/mol. The van der Waals surface area contributed by atoms with Crippen molar-refractivity contribution >= 4 is 17.5 Å². The minimum absolute atomic E-state index is 0.00859. The summed E-state index contributed by atoms with van der Waals surface area (Å²) in [4.78, 5) is 19.7. The summed E-state index contributed by atoms with van der Waals surface area (Å²) in [5.74, 6) is -1.25. The summed E-state index contributed by atoms with van der Waals surface area (Å²) in [6.07, 6.45) is 2.46. The SMILES string of the molecule is CC(C)(O)c1cc(F)c2c(c1)C(=O)N(Cc1ccc(C#N)cn1)[C@@]2(OCC1(O)CC1)c1ccc(Cl)cc1. The number of hydrogen-bond donors (Lipinski definition) is 2. The molecule has 0 bridgehead atoms. The monoisotopic (exact) mass is 521 g/mol. The molecule has 1 atom stereocenters. The lowest BCUT2D eigenvalue weighted by molar-refractivity contribution is -0.139. The predicted molar refractivity (Wildman–Crippen MR) is 133 cm³/mol. The standard InChI is InChI=1S/C28H25ClFN3O4/c1-26(2,35)19-11-22-24(23(30)12-19)28(37-16-27(36)9-10-27,18-4-6-20(29)7-5-18)33(25(22)34)15-21-8-3-17(13-31)14-32-21/h3-8,11-12,14,35-36H,9-10,15-16H2,1-2H3/t28-/m1/s1. The first-order valence-corrected chi connectivity index (χ1v) is 12.2. The highest BCUT2D eigenvalue weighted by Gasteiger charge is 2.56. The molecule has 1 amide bonds. The van der Waals surface area contributed by atoms with Crippen LogP contribution in [0.4, 0.5) is 4.39 Å². The van der Waals surface area contributed by atoms with Gasteiger partial charge in [0.2, 0.25) is 0 Å². The van der Waals surface area contributed by atoms with E-state index in [0.29, 0.717) is 34.7 Å². The number of aliphatic hydroxyl groups is 2. The number of pyridine rings is 1. The highest BCUT2D eigenvalue weighted by molar-refractivity contribution is 6.30. The number of rotatable bonds is 7. The van der Waals surface area contributed by atoms with Gasteiger partial charge in [0.25, 0.3) is 5.91 Å². The van der Waals surface area contributed by atoms with Crippen molar-refractivity contribution in [3.63, 3.8) is 0 Å². The molecule has 1 aromatic heterocycles. The number of carbonyl (C=O) groups is 1. The van der Waals surface area contributed by atoms with Gasteiger partial charge in [0.1, 0.15) is 11.9 Å². The Morgan fingerprint density at radius 3 is 2.49 bits per heavy atom. The van der Waals surface area contributed by atoms with E-state index in [1.165, 1.54) is 37.1 Å². The molecular weight excluding hydrogens is 497 g/mol. The van der Waals surface area contributed by atoms with E-state index in [-0.39, 0.29) is 29.8 Å². The molecule has 5 rings (SSSR count). The Labute approximate surface area is 218 Å². The van der Waals surface area contributed by atoms with Crippen LogP contribution >= 0.6 is 11.6 Å². The van der Waals surface area contributed by atoms with E-state index in [9.17, 15) is 15.0 Å². The van der Waals surface area contributed by atoms with E-state index in [0.717, 1.165) is 0 Å². The summed E-state index contributed by atoms with van der Waals surface area (Å²) in [5, 5.41) is 30.8. The highest BCUT2D eigenvalue weighted by Crippen LogP contribution is 2.50. The van der Waals surface area contributed by atoms with Crippen molar-refractivity contribution < 1.29 is 24.1 Å². The Hall–Kier alpha value is -3.35. The fourth-order valence-electron chi connectivity index (χ4n) is 4.56. The third-order valence-electron chi connectivity index (χ3n) is 6.88. The quantitative estimate of drug-likeness (QED) is 0.478. The third-order valence-corrected chi connectivity index (χ3v) is 7.13. The second-order valence-corrected chi connectivity index (χ2v) is 10.6. The summed E-state index contributed by atoms with van der Waals surface area (Å²) >= 11 is 6.15. The van der Waals surface area contributed by atoms with Crippen LogP contribution in [-0.4, -0.2) is 38.2 Å². The fourth-order valence-corrected chi connectivity index (χ4v) is 4.69. The van der Waals surface area contributed by atoms with Gasteiger partial charge in [0, 0.05) is 16.8 Å². The molecule has 0 unspecified atom stereocenters. The number of aromatic nitrogens is 1. The Balaban J connectivity index is 1.73. The lowest BCUT2D eigenvalue weighted by atomic mass is 9.88. The largest absolute Gasteiger partial charge is 0.387 e. The Kier molecular flexibility index (Phi) is 6.08. The number of halogens is 2. The van der Waals surface area contributed by atoms with E-state index >= 15 is 4.39 Å². The van der Waals surface area contributed by atoms with Gasteiger partial charge in [-0.3, -0.25) is 14.7 Å². The van der Waals surface area contributed by atoms with Crippen LogP contribution in [0.1, 0.15) is 65.0 Å². The van der Waals surface area contributed by atoms with Gasteiger partial charge in [-0.15, -0.1) is 0 Å². The van der Waals surface area contributed by atoms with Gasteiger partial charge in [-0.2, -0.15) is 5.26 Å². The first-order chi connectivity index (χ1) is 17.5. The zero-order chi connectivity index (χ0) is 26.6. The van der Waals surface area contributed by atoms with Crippen LogP contribution in [0.2, 0.25) is 5.02 Å². The number of amides is 1. The molecule has 3 aromatic rings. The van der Waals surface area contributed by atoms with Crippen molar-refractivity contribution in [1.29, 1.82) is 5.26 Å². The van der Waals surface area contributed by atoms with Crippen LogP contribution in [-0.2, 0) is 22.6 Å². The maximum Gasteiger partial charge on any atom is 0.257 e. The van der Waals surface area contributed by atoms with Crippen molar-refractivity contribution in [1.82, 2.24) is 9.88 Å². The summed E-state index contributed by atoms with van der Waals surface area (Å²) in [6.45, 7) is 2.82.